The first kappa shape index (κ1) is 18.0. The van der Waals surface area contributed by atoms with Gasteiger partial charge in [0.05, 0.1) is 6.61 Å². The fraction of sp³-hybridized carbons (Fsp3) is 1.00. The quantitative estimate of drug-likeness (QED) is 0.520. The van der Waals surface area contributed by atoms with Crippen LogP contribution in [0.15, 0.2) is 0 Å². The van der Waals surface area contributed by atoms with Gasteiger partial charge in [-0.15, -0.1) is 13.2 Å². The lowest BCUT2D eigenvalue weighted by molar-refractivity contribution is -0.326. The number of likely N-dealkylation sites (N-methyl/N-ethyl adjacent to an activating group) is 1. The number of rotatable bonds is 7. The number of nitrogens with zero attached hydrogens (tertiary/aromatic N) is 1. The number of halogens is 3. The van der Waals surface area contributed by atoms with Crippen LogP contribution in [0.1, 0.15) is 13.8 Å². The normalized spacial score (nSPS) is 11.2. The second kappa shape index (κ2) is 11.1. The Bertz CT molecular complexity index is 145. The Balaban J connectivity index is 0. The Hall–Kier alpha value is -0.370. The van der Waals surface area contributed by atoms with Crippen LogP contribution in [-0.2, 0) is 4.74 Å². The van der Waals surface area contributed by atoms with Crippen molar-refractivity contribution in [3.63, 3.8) is 0 Å². The molecular formula is C9H21F3N2O2. The van der Waals surface area contributed by atoms with Gasteiger partial charge in [0, 0.05) is 19.6 Å². The average Bonchev–Trinajstić information content (AvgIpc) is 2.19. The molecule has 0 saturated carbocycles. The van der Waals surface area contributed by atoms with E-state index in [2.05, 4.69) is 10.1 Å². The summed E-state index contributed by atoms with van der Waals surface area (Å²) in [6, 6.07) is 0. The highest BCUT2D eigenvalue weighted by atomic mass is 19.4. The van der Waals surface area contributed by atoms with Gasteiger partial charge in [-0.2, -0.15) is 0 Å². The maximum atomic E-state index is 11.5. The minimum absolute atomic E-state index is 0.0373. The molecule has 0 heterocycles. The van der Waals surface area contributed by atoms with Crippen LogP contribution in [0.3, 0.4) is 0 Å². The Morgan fingerprint density at radius 2 is 1.81 bits per heavy atom. The molecule has 0 aliphatic rings. The Morgan fingerprint density at radius 1 is 1.25 bits per heavy atom. The molecule has 0 saturated heterocycles. The average molecular weight is 246 g/mol. The molecule has 0 unspecified atom stereocenters. The molecule has 0 amide bonds. The monoisotopic (exact) mass is 246 g/mol. The zero-order valence-electron chi connectivity index (χ0n) is 9.97. The lowest BCUT2D eigenvalue weighted by Crippen LogP contribution is -2.33. The summed E-state index contributed by atoms with van der Waals surface area (Å²) in [6.45, 7) is 4.93. The zero-order valence-corrected chi connectivity index (χ0v) is 9.97. The minimum atomic E-state index is -4.58. The summed E-state index contributed by atoms with van der Waals surface area (Å²) in [5.74, 6) is 0. The van der Waals surface area contributed by atoms with Crippen molar-refractivity contribution in [2.45, 2.75) is 20.2 Å². The molecule has 7 heteroatoms. The van der Waals surface area contributed by atoms with Crippen molar-refractivity contribution < 1.29 is 23.0 Å². The second-order valence-electron chi connectivity index (χ2n) is 2.76. The first-order valence-corrected chi connectivity index (χ1v) is 5.16. The molecule has 0 spiro atoms. The highest BCUT2D eigenvalue weighted by Gasteiger charge is 2.28. The standard InChI is InChI=1S/C7H15F3N2O2.C2H6/c1-12(4-5-13)3-2-11-6-14-7(8,9)10;1-2/h11,13H,2-6H2,1H3;1-2H3. The fourth-order valence-corrected chi connectivity index (χ4v) is 0.757. The third kappa shape index (κ3) is 16.1. The molecule has 0 radical (unpaired) electrons. The summed E-state index contributed by atoms with van der Waals surface area (Å²) in [7, 11) is 1.77. The van der Waals surface area contributed by atoms with Crippen LogP contribution in [0.5, 0.6) is 0 Å². The highest BCUT2D eigenvalue weighted by Crippen LogP contribution is 2.14. The van der Waals surface area contributed by atoms with Crippen molar-refractivity contribution in [2.24, 2.45) is 0 Å². The number of hydrogen-bond acceptors (Lipinski definition) is 4. The lowest BCUT2D eigenvalue weighted by Gasteiger charge is -2.15. The third-order valence-corrected chi connectivity index (χ3v) is 1.49. The Labute approximate surface area is 94.4 Å². The summed E-state index contributed by atoms with van der Waals surface area (Å²) in [4.78, 5) is 1.79. The highest BCUT2D eigenvalue weighted by molar-refractivity contribution is 4.51. The molecule has 0 bridgehead atoms. The number of ether oxygens (including phenoxy) is 1. The molecule has 0 aliphatic heterocycles. The molecule has 0 aromatic carbocycles. The summed E-state index contributed by atoms with van der Waals surface area (Å²) >= 11 is 0. The van der Waals surface area contributed by atoms with Gasteiger partial charge in [-0.05, 0) is 7.05 Å². The fourth-order valence-electron chi connectivity index (χ4n) is 0.757. The van der Waals surface area contributed by atoms with Gasteiger partial charge in [0.15, 0.2) is 0 Å². The molecule has 0 rings (SSSR count). The molecule has 0 aromatic rings. The van der Waals surface area contributed by atoms with E-state index in [1.807, 2.05) is 13.8 Å². The van der Waals surface area contributed by atoms with E-state index < -0.39 is 13.1 Å². The topological polar surface area (TPSA) is 44.7 Å². The molecule has 2 N–H and O–H groups in total. The molecule has 0 aliphatic carbocycles. The summed E-state index contributed by atoms with van der Waals surface area (Å²) in [5, 5.41) is 11.0. The van der Waals surface area contributed by atoms with E-state index in [1.165, 1.54) is 0 Å². The first-order chi connectivity index (χ1) is 7.45. The summed E-state index contributed by atoms with van der Waals surface area (Å²) in [6.07, 6.45) is -4.58. The van der Waals surface area contributed by atoms with Gasteiger partial charge in [0.2, 0.25) is 0 Å². The molecule has 0 atom stereocenters. The van der Waals surface area contributed by atoms with Crippen LogP contribution in [0.2, 0.25) is 0 Å². The van der Waals surface area contributed by atoms with Gasteiger partial charge in [-0.1, -0.05) is 13.8 Å². The second-order valence-corrected chi connectivity index (χ2v) is 2.76. The van der Waals surface area contributed by atoms with Crippen molar-refractivity contribution in [2.75, 3.05) is 40.0 Å². The molecular weight excluding hydrogens is 225 g/mol. The van der Waals surface area contributed by atoms with E-state index in [-0.39, 0.29) is 6.61 Å². The SMILES string of the molecule is CC.CN(CCO)CCNCOC(F)(F)F. The Kier molecular flexibility index (Phi) is 12.5. The van der Waals surface area contributed by atoms with Crippen molar-refractivity contribution in [1.82, 2.24) is 10.2 Å². The van der Waals surface area contributed by atoms with Gasteiger partial charge in [0.25, 0.3) is 0 Å². The van der Waals surface area contributed by atoms with E-state index in [0.29, 0.717) is 19.6 Å². The lowest BCUT2D eigenvalue weighted by atomic mass is 10.5. The van der Waals surface area contributed by atoms with Gasteiger partial charge in [-0.25, -0.2) is 0 Å². The number of aliphatic hydroxyl groups is 1. The first-order valence-electron chi connectivity index (χ1n) is 5.16. The molecule has 16 heavy (non-hydrogen) atoms. The van der Waals surface area contributed by atoms with E-state index in [9.17, 15) is 13.2 Å². The largest absolute Gasteiger partial charge is 0.523 e. The van der Waals surface area contributed by atoms with Crippen LogP contribution in [0.4, 0.5) is 13.2 Å². The maximum Gasteiger partial charge on any atom is 0.523 e. The van der Waals surface area contributed by atoms with Gasteiger partial charge in [-0.3, -0.25) is 10.1 Å². The summed E-state index contributed by atoms with van der Waals surface area (Å²) < 4.78 is 37.9. The zero-order chi connectivity index (χ0) is 13.0. The van der Waals surface area contributed by atoms with Crippen LogP contribution < -0.4 is 5.32 Å². The van der Waals surface area contributed by atoms with Crippen molar-refractivity contribution in [3.8, 4) is 0 Å². The van der Waals surface area contributed by atoms with Crippen LogP contribution in [-0.4, -0.2) is 56.4 Å². The number of aliphatic hydroxyl groups excluding tert-OH is 1. The van der Waals surface area contributed by atoms with Crippen LogP contribution in [0, 0.1) is 0 Å². The van der Waals surface area contributed by atoms with Crippen molar-refractivity contribution in [1.29, 1.82) is 0 Å². The predicted octanol–water partition coefficient (Wildman–Crippen LogP) is 1.02. The van der Waals surface area contributed by atoms with E-state index >= 15 is 0 Å². The molecule has 0 aromatic heterocycles. The van der Waals surface area contributed by atoms with Crippen molar-refractivity contribution in [3.05, 3.63) is 0 Å². The van der Waals surface area contributed by atoms with Gasteiger partial charge in [0.1, 0.15) is 6.73 Å². The van der Waals surface area contributed by atoms with E-state index in [1.54, 1.807) is 11.9 Å². The van der Waals surface area contributed by atoms with Gasteiger partial charge >= 0.3 is 6.36 Å². The molecule has 0 fully saturated rings. The van der Waals surface area contributed by atoms with Crippen LogP contribution >= 0.6 is 0 Å². The number of alkyl halides is 3. The molecule has 4 nitrogen and oxygen atoms in total. The van der Waals surface area contributed by atoms with E-state index in [0.717, 1.165) is 0 Å². The Morgan fingerprint density at radius 3 is 2.25 bits per heavy atom. The third-order valence-electron chi connectivity index (χ3n) is 1.49. The van der Waals surface area contributed by atoms with Crippen LogP contribution in [0.25, 0.3) is 0 Å². The van der Waals surface area contributed by atoms with Gasteiger partial charge < -0.3 is 10.0 Å². The number of hydrogen-bond donors (Lipinski definition) is 2. The molecule has 100 valence electrons. The smallest absolute Gasteiger partial charge is 0.395 e. The van der Waals surface area contributed by atoms with E-state index in [4.69, 9.17) is 5.11 Å². The summed E-state index contributed by atoms with van der Waals surface area (Å²) in [5.41, 5.74) is 0. The predicted molar refractivity (Wildman–Crippen MR) is 55.9 cm³/mol. The van der Waals surface area contributed by atoms with Crippen molar-refractivity contribution >= 4 is 0 Å². The number of nitrogens with one attached hydrogen (secondary N) is 1. The maximum absolute atomic E-state index is 11.5. The minimum Gasteiger partial charge on any atom is -0.395 e.